The van der Waals surface area contributed by atoms with Gasteiger partial charge in [-0.05, 0) is 48.7 Å². The lowest BCUT2D eigenvalue weighted by atomic mass is 9.97. The van der Waals surface area contributed by atoms with Crippen LogP contribution in [-0.2, 0) is 17.5 Å². The molecule has 0 saturated carbocycles. The highest BCUT2D eigenvalue weighted by atomic mass is 79.9. The van der Waals surface area contributed by atoms with Crippen molar-refractivity contribution in [3.8, 4) is 5.69 Å². The van der Waals surface area contributed by atoms with E-state index in [2.05, 4.69) is 21.2 Å². The molecule has 0 aliphatic carbocycles. The van der Waals surface area contributed by atoms with Crippen LogP contribution in [0.3, 0.4) is 0 Å². The fourth-order valence-corrected chi connectivity index (χ4v) is 4.27. The highest BCUT2D eigenvalue weighted by Gasteiger charge is 2.32. The number of hydrogen-bond donors (Lipinski definition) is 1. The maximum absolute atomic E-state index is 13.8. The molecule has 164 valence electrons. The first-order valence-corrected chi connectivity index (χ1v) is 10.6. The Kier molecular flexibility index (Phi) is 6.34. The van der Waals surface area contributed by atoms with Crippen molar-refractivity contribution in [2.75, 3.05) is 18.5 Å². The van der Waals surface area contributed by atoms with Crippen LogP contribution in [0.15, 0.2) is 53.1 Å². The molecule has 1 aliphatic rings. The molecule has 0 unspecified atom stereocenters. The number of alkyl halides is 3. The molecule has 1 aliphatic heterocycles. The van der Waals surface area contributed by atoms with Crippen molar-refractivity contribution in [3.63, 3.8) is 0 Å². The third-order valence-corrected chi connectivity index (χ3v) is 5.90. The van der Waals surface area contributed by atoms with Crippen molar-refractivity contribution >= 4 is 21.9 Å². The van der Waals surface area contributed by atoms with Crippen molar-refractivity contribution in [1.29, 1.82) is 0 Å². The van der Waals surface area contributed by atoms with Gasteiger partial charge in [0, 0.05) is 36.3 Å². The largest absolute Gasteiger partial charge is 0.417 e. The minimum absolute atomic E-state index is 0.0179. The summed E-state index contributed by atoms with van der Waals surface area (Å²) in [4.78, 5) is 4.72. The number of imidazole rings is 1. The van der Waals surface area contributed by atoms with Crippen molar-refractivity contribution in [2.24, 2.45) is 0 Å². The van der Waals surface area contributed by atoms with Gasteiger partial charge in [-0.2, -0.15) is 13.2 Å². The van der Waals surface area contributed by atoms with E-state index in [0.29, 0.717) is 30.4 Å². The van der Waals surface area contributed by atoms with Crippen LogP contribution >= 0.6 is 15.9 Å². The lowest BCUT2D eigenvalue weighted by Gasteiger charge is -2.19. The molecular formula is C22H20BrF4N3O. The van der Waals surface area contributed by atoms with Crippen LogP contribution in [-0.4, -0.2) is 22.8 Å². The summed E-state index contributed by atoms with van der Waals surface area (Å²) in [7, 11) is 0. The molecule has 4 rings (SSSR count). The first-order valence-electron chi connectivity index (χ1n) is 9.84. The lowest BCUT2D eigenvalue weighted by molar-refractivity contribution is -0.138. The summed E-state index contributed by atoms with van der Waals surface area (Å²) in [5.74, 6) is 0.379. The third kappa shape index (κ3) is 5.10. The Balaban J connectivity index is 1.60. The molecule has 1 N–H and O–H groups in total. The van der Waals surface area contributed by atoms with Gasteiger partial charge in [-0.1, -0.05) is 28.1 Å². The maximum Gasteiger partial charge on any atom is 0.417 e. The van der Waals surface area contributed by atoms with Gasteiger partial charge in [0.2, 0.25) is 5.95 Å². The van der Waals surface area contributed by atoms with E-state index in [-0.39, 0.29) is 22.8 Å². The van der Waals surface area contributed by atoms with E-state index in [0.717, 1.165) is 24.6 Å². The Morgan fingerprint density at radius 2 is 1.90 bits per heavy atom. The summed E-state index contributed by atoms with van der Waals surface area (Å²) in [5, 5.41) is 3.19. The number of aromatic nitrogens is 2. The zero-order valence-electron chi connectivity index (χ0n) is 16.4. The second-order valence-corrected chi connectivity index (χ2v) is 8.25. The highest BCUT2D eigenvalue weighted by molar-refractivity contribution is 9.10. The van der Waals surface area contributed by atoms with Gasteiger partial charge in [0.1, 0.15) is 5.82 Å². The van der Waals surface area contributed by atoms with E-state index in [1.165, 1.54) is 24.3 Å². The van der Waals surface area contributed by atoms with E-state index in [1.54, 1.807) is 16.7 Å². The van der Waals surface area contributed by atoms with E-state index in [9.17, 15) is 17.6 Å². The van der Waals surface area contributed by atoms with Crippen LogP contribution in [0.5, 0.6) is 0 Å². The van der Waals surface area contributed by atoms with Gasteiger partial charge in [-0.3, -0.25) is 4.57 Å². The van der Waals surface area contributed by atoms with Gasteiger partial charge in [0.05, 0.1) is 16.9 Å². The zero-order valence-corrected chi connectivity index (χ0v) is 18.0. The number of nitrogens with zero attached hydrogens (tertiary/aromatic N) is 2. The minimum Gasteiger partial charge on any atom is -0.381 e. The average Bonchev–Trinajstić information content (AvgIpc) is 3.16. The molecule has 0 radical (unpaired) electrons. The third-order valence-electron chi connectivity index (χ3n) is 5.24. The predicted octanol–water partition coefficient (Wildman–Crippen LogP) is 6.30. The van der Waals surface area contributed by atoms with Crippen LogP contribution in [0.25, 0.3) is 5.69 Å². The number of ether oxygens (including phenoxy) is 1. The van der Waals surface area contributed by atoms with Gasteiger partial charge < -0.3 is 10.1 Å². The lowest BCUT2D eigenvalue weighted by Crippen LogP contribution is -2.14. The Hall–Kier alpha value is -2.39. The predicted molar refractivity (Wildman–Crippen MR) is 113 cm³/mol. The molecule has 0 amide bonds. The number of anilines is 1. The standard InChI is InChI=1S/C22H20BrF4N3O/c23-19-10-14(4-5-18(19)22(25,26)27)12-28-21-29-20(15-6-8-31-9-7-15)13-30(21)17-3-1-2-16(24)11-17/h1-5,10-11,13,15H,6-9,12H2,(H,28,29). The second kappa shape index (κ2) is 9.00. The van der Waals surface area contributed by atoms with Gasteiger partial charge in [-0.25, -0.2) is 9.37 Å². The summed E-state index contributed by atoms with van der Waals surface area (Å²) in [6.45, 7) is 1.59. The first kappa shape index (κ1) is 21.8. The van der Waals surface area contributed by atoms with Crippen LogP contribution in [0.2, 0.25) is 0 Å². The molecule has 1 aromatic heterocycles. The van der Waals surface area contributed by atoms with Crippen LogP contribution < -0.4 is 5.32 Å². The maximum atomic E-state index is 13.8. The molecule has 0 bridgehead atoms. The topological polar surface area (TPSA) is 39.1 Å². The van der Waals surface area contributed by atoms with E-state index < -0.39 is 11.7 Å². The molecule has 0 atom stereocenters. The van der Waals surface area contributed by atoms with E-state index >= 15 is 0 Å². The van der Waals surface area contributed by atoms with Crippen molar-refractivity contribution in [3.05, 3.63) is 75.8 Å². The number of nitrogens with one attached hydrogen (secondary N) is 1. The van der Waals surface area contributed by atoms with Crippen LogP contribution in [0, 0.1) is 5.82 Å². The molecule has 3 aromatic rings. The average molecular weight is 498 g/mol. The van der Waals surface area contributed by atoms with Gasteiger partial charge in [0.25, 0.3) is 0 Å². The molecule has 2 heterocycles. The quantitative estimate of drug-likeness (QED) is 0.420. The summed E-state index contributed by atoms with van der Waals surface area (Å²) in [5.41, 5.74) is 1.42. The number of rotatable bonds is 5. The zero-order chi connectivity index (χ0) is 22.0. The molecule has 0 spiro atoms. The van der Waals surface area contributed by atoms with Gasteiger partial charge in [-0.15, -0.1) is 0 Å². The smallest absolute Gasteiger partial charge is 0.381 e. The minimum atomic E-state index is -4.42. The summed E-state index contributed by atoms with van der Waals surface area (Å²) in [6, 6.07) is 10.1. The van der Waals surface area contributed by atoms with E-state index in [4.69, 9.17) is 9.72 Å². The molecule has 1 saturated heterocycles. The second-order valence-electron chi connectivity index (χ2n) is 7.39. The normalized spacial score (nSPS) is 15.3. The molecule has 31 heavy (non-hydrogen) atoms. The Morgan fingerprint density at radius 3 is 2.58 bits per heavy atom. The Labute approximate surface area is 185 Å². The van der Waals surface area contributed by atoms with E-state index in [1.807, 2.05) is 6.20 Å². The van der Waals surface area contributed by atoms with Gasteiger partial charge >= 0.3 is 6.18 Å². The molecule has 9 heteroatoms. The van der Waals surface area contributed by atoms with Crippen molar-refractivity contribution in [1.82, 2.24) is 9.55 Å². The van der Waals surface area contributed by atoms with Crippen molar-refractivity contribution in [2.45, 2.75) is 31.5 Å². The van der Waals surface area contributed by atoms with Crippen LogP contribution in [0.4, 0.5) is 23.5 Å². The fourth-order valence-electron chi connectivity index (χ4n) is 3.62. The summed E-state index contributed by atoms with van der Waals surface area (Å²) < 4.78 is 59.9. The Morgan fingerprint density at radius 1 is 1.13 bits per heavy atom. The highest BCUT2D eigenvalue weighted by Crippen LogP contribution is 2.35. The SMILES string of the molecule is Fc1cccc(-n2cc(C3CCOCC3)nc2NCc2ccc(C(F)(F)F)c(Br)c2)c1. The van der Waals surface area contributed by atoms with Gasteiger partial charge in [0.15, 0.2) is 0 Å². The molecule has 1 fully saturated rings. The monoisotopic (exact) mass is 497 g/mol. The Bertz CT molecular complexity index is 1060. The number of halogens is 5. The molecule has 4 nitrogen and oxygen atoms in total. The summed E-state index contributed by atoms with van der Waals surface area (Å²) >= 11 is 3.00. The molecular weight excluding hydrogens is 478 g/mol. The number of benzene rings is 2. The summed E-state index contributed by atoms with van der Waals surface area (Å²) in [6.07, 6.45) is -0.830. The molecule has 2 aromatic carbocycles. The first-order chi connectivity index (χ1) is 14.8. The van der Waals surface area contributed by atoms with Crippen LogP contribution in [0.1, 0.15) is 35.6 Å². The fraction of sp³-hybridized carbons (Fsp3) is 0.318. The van der Waals surface area contributed by atoms with Crippen molar-refractivity contribution < 1.29 is 22.3 Å². The number of hydrogen-bond acceptors (Lipinski definition) is 3.